The highest BCUT2D eigenvalue weighted by Gasteiger charge is 2.17. The van der Waals surface area contributed by atoms with E-state index in [1.54, 1.807) is 4.90 Å². The molecule has 0 bridgehead atoms. The van der Waals surface area contributed by atoms with Crippen molar-refractivity contribution in [2.24, 2.45) is 0 Å². The zero-order chi connectivity index (χ0) is 15.0. The Kier molecular flexibility index (Phi) is 7.02. The minimum absolute atomic E-state index is 0.171. The van der Waals surface area contributed by atoms with Crippen molar-refractivity contribution in [1.29, 1.82) is 5.26 Å². The third-order valence-corrected chi connectivity index (χ3v) is 3.96. The molecule has 5 nitrogen and oxygen atoms in total. The summed E-state index contributed by atoms with van der Waals surface area (Å²) in [5.41, 5.74) is 1.33. The molecule has 0 saturated heterocycles. The van der Waals surface area contributed by atoms with Crippen molar-refractivity contribution in [3.8, 4) is 6.07 Å². The summed E-state index contributed by atoms with van der Waals surface area (Å²) in [6, 6.07) is 2.00. The third kappa shape index (κ3) is 4.20. The summed E-state index contributed by atoms with van der Waals surface area (Å²) in [7, 11) is 0. The van der Waals surface area contributed by atoms with Crippen LogP contribution < -0.4 is 5.32 Å². The minimum Gasteiger partial charge on any atom is -0.325 e. The van der Waals surface area contributed by atoms with Crippen molar-refractivity contribution in [1.82, 2.24) is 9.27 Å². The van der Waals surface area contributed by atoms with Gasteiger partial charge in [-0.05, 0) is 38.2 Å². The van der Waals surface area contributed by atoms with Crippen molar-refractivity contribution in [3.63, 3.8) is 0 Å². The number of amides is 2. The van der Waals surface area contributed by atoms with Gasteiger partial charge in [-0.25, -0.2) is 4.79 Å². The summed E-state index contributed by atoms with van der Waals surface area (Å²) in [6.45, 7) is 7.29. The molecule has 0 radical (unpaired) electrons. The molecule has 0 fully saturated rings. The van der Waals surface area contributed by atoms with Gasteiger partial charge in [0, 0.05) is 13.1 Å². The van der Waals surface area contributed by atoms with Gasteiger partial charge in [-0.2, -0.15) is 9.64 Å². The molecule has 0 saturated carbocycles. The van der Waals surface area contributed by atoms with Gasteiger partial charge >= 0.3 is 6.03 Å². The van der Waals surface area contributed by atoms with E-state index in [9.17, 15) is 10.1 Å². The van der Waals surface area contributed by atoms with Gasteiger partial charge in [-0.15, -0.1) is 0 Å². The highest BCUT2D eigenvalue weighted by atomic mass is 32.1. The Hall–Kier alpha value is -1.61. The van der Waals surface area contributed by atoms with E-state index in [4.69, 9.17) is 0 Å². The van der Waals surface area contributed by atoms with E-state index in [1.807, 2.05) is 13.8 Å². The van der Waals surface area contributed by atoms with Gasteiger partial charge in [-0.1, -0.05) is 19.8 Å². The van der Waals surface area contributed by atoms with Crippen molar-refractivity contribution in [2.75, 3.05) is 18.4 Å². The molecule has 1 N–H and O–H groups in total. The second-order valence-corrected chi connectivity index (χ2v) is 5.28. The molecule has 0 atom stereocenters. The molecule has 0 aliphatic heterocycles. The Morgan fingerprint density at radius 2 is 2.05 bits per heavy atom. The summed E-state index contributed by atoms with van der Waals surface area (Å²) in [4.78, 5) is 13.7. The molecule has 0 aliphatic carbocycles. The van der Waals surface area contributed by atoms with E-state index >= 15 is 0 Å². The van der Waals surface area contributed by atoms with Crippen LogP contribution in [0.4, 0.5) is 9.80 Å². The maximum absolute atomic E-state index is 12.0. The van der Waals surface area contributed by atoms with Gasteiger partial charge in [0.15, 0.2) is 0 Å². The van der Waals surface area contributed by atoms with Crippen LogP contribution in [0, 0.1) is 11.3 Å². The summed E-state index contributed by atoms with van der Waals surface area (Å²) < 4.78 is 4.31. The normalized spacial score (nSPS) is 10.1. The average Bonchev–Trinajstić information content (AvgIpc) is 2.82. The van der Waals surface area contributed by atoms with E-state index < -0.39 is 0 Å². The van der Waals surface area contributed by atoms with Crippen LogP contribution in [-0.2, 0) is 6.42 Å². The third-order valence-electron chi connectivity index (χ3n) is 3.16. The monoisotopic (exact) mass is 294 g/mol. The summed E-state index contributed by atoms with van der Waals surface area (Å²) in [5.74, 6) is 0. The van der Waals surface area contributed by atoms with Gasteiger partial charge in [0.05, 0.1) is 5.69 Å². The number of aromatic nitrogens is 1. The van der Waals surface area contributed by atoms with Crippen LogP contribution in [0.5, 0.6) is 0 Å². The topological polar surface area (TPSA) is 69.0 Å². The zero-order valence-electron chi connectivity index (χ0n) is 12.4. The van der Waals surface area contributed by atoms with E-state index in [0.29, 0.717) is 23.7 Å². The van der Waals surface area contributed by atoms with Gasteiger partial charge in [0.1, 0.15) is 16.6 Å². The number of nitrogens with one attached hydrogen (secondary N) is 1. The van der Waals surface area contributed by atoms with Crippen LogP contribution in [0.25, 0.3) is 0 Å². The van der Waals surface area contributed by atoms with Crippen LogP contribution in [0.3, 0.4) is 0 Å². The molecule has 0 aliphatic rings. The summed E-state index contributed by atoms with van der Waals surface area (Å²) in [6.07, 6.45) is 4.09. The lowest BCUT2D eigenvalue weighted by Crippen LogP contribution is -2.34. The van der Waals surface area contributed by atoms with Gasteiger partial charge in [0.25, 0.3) is 0 Å². The highest BCUT2D eigenvalue weighted by molar-refractivity contribution is 7.10. The van der Waals surface area contributed by atoms with Gasteiger partial charge in [0.2, 0.25) is 0 Å². The maximum atomic E-state index is 12.0. The van der Waals surface area contributed by atoms with E-state index in [1.165, 1.54) is 11.5 Å². The number of nitrogens with zero attached hydrogens (tertiary/aromatic N) is 3. The highest BCUT2D eigenvalue weighted by Crippen LogP contribution is 2.25. The first-order chi connectivity index (χ1) is 9.67. The molecule has 0 aromatic carbocycles. The molecule has 2 amide bonds. The quantitative estimate of drug-likeness (QED) is 0.781. The molecular weight excluding hydrogens is 272 g/mol. The number of urea groups is 1. The summed E-state index contributed by atoms with van der Waals surface area (Å²) in [5, 5.41) is 12.6. The fourth-order valence-corrected chi connectivity index (χ4v) is 2.70. The van der Waals surface area contributed by atoms with Crippen molar-refractivity contribution < 1.29 is 4.79 Å². The number of unbranched alkanes of at least 4 members (excludes halogenated alkanes) is 2. The Labute approximate surface area is 124 Å². The Morgan fingerprint density at radius 3 is 2.60 bits per heavy atom. The first-order valence-electron chi connectivity index (χ1n) is 7.12. The molecule has 6 heteroatoms. The van der Waals surface area contributed by atoms with E-state index in [2.05, 4.69) is 22.7 Å². The summed E-state index contributed by atoms with van der Waals surface area (Å²) >= 11 is 1.19. The number of rotatable bonds is 7. The standard InChI is InChI=1S/C14H22N4OS/c1-4-7-8-9-12-11(10-15)13(20-17-12)16-14(19)18(5-2)6-3/h4-9H2,1-3H3,(H,16,19). The minimum atomic E-state index is -0.171. The van der Waals surface area contributed by atoms with Crippen LogP contribution in [0.15, 0.2) is 0 Å². The Bertz CT molecular complexity index is 474. The second-order valence-electron chi connectivity index (χ2n) is 4.50. The number of aryl methyl sites for hydroxylation is 1. The molecule has 0 spiro atoms. The Balaban J connectivity index is 2.76. The zero-order valence-corrected chi connectivity index (χ0v) is 13.2. The second kappa shape index (κ2) is 8.54. The van der Waals surface area contributed by atoms with Gasteiger partial charge < -0.3 is 4.90 Å². The van der Waals surface area contributed by atoms with Crippen molar-refractivity contribution in [3.05, 3.63) is 11.3 Å². The van der Waals surface area contributed by atoms with Crippen LogP contribution in [-0.4, -0.2) is 28.4 Å². The van der Waals surface area contributed by atoms with E-state index in [0.717, 1.165) is 31.4 Å². The number of nitriles is 1. The molecule has 1 heterocycles. The first-order valence-corrected chi connectivity index (χ1v) is 7.89. The molecule has 1 aromatic heterocycles. The number of anilines is 1. The molecule has 1 aromatic rings. The lowest BCUT2D eigenvalue weighted by atomic mass is 10.1. The van der Waals surface area contributed by atoms with Crippen LogP contribution in [0.2, 0.25) is 0 Å². The fourth-order valence-electron chi connectivity index (χ4n) is 1.92. The largest absolute Gasteiger partial charge is 0.325 e. The van der Waals surface area contributed by atoms with Crippen molar-refractivity contribution in [2.45, 2.75) is 46.5 Å². The van der Waals surface area contributed by atoms with Crippen LogP contribution in [0.1, 0.15) is 51.3 Å². The van der Waals surface area contributed by atoms with Crippen molar-refractivity contribution >= 4 is 22.6 Å². The van der Waals surface area contributed by atoms with Gasteiger partial charge in [-0.3, -0.25) is 5.32 Å². The SMILES string of the molecule is CCCCCc1nsc(NC(=O)N(CC)CC)c1C#N. The smallest absolute Gasteiger partial charge is 0.322 e. The molecule has 20 heavy (non-hydrogen) atoms. The predicted octanol–water partition coefficient (Wildman–Crippen LogP) is 3.62. The maximum Gasteiger partial charge on any atom is 0.322 e. The molecule has 110 valence electrons. The van der Waals surface area contributed by atoms with E-state index in [-0.39, 0.29) is 6.03 Å². The predicted molar refractivity (Wildman–Crippen MR) is 82.0 cm³/mol. The molecule has 0 unspecified atom stereocenters. The lowest BCUT2D eigenvalue weighted by Gasteiger charge is -2.18. The first kappa shape index (κ1) is 16.4. The number of hydrogen-bond acceptors (Lipinski definition) is 4. The fraction of sp³-hybridized carbons (Fsp3) is 0.643. The lowest BCUT2D eigenvalue weighted by molar-refractivity contribution is 0.217. The average molecular weight is 294 g/mol. The van der Waals surface area contributed by atoms with Crippen LogP contribution >= 0.6 is 11.5 Å². The Morgan fingerprint density at radius 1 is 1.35 bits per heavy atom. The molecular formula is C14H22N4OS. The number of carbonyl (C=O) groups is 1. The number of carbonyl (C=O) groups excluding carboxylic acids is 1. The molecule has 1 rings (SSSR count). The number of hydrogen-bond donors (Lipinski definition) is 1.